The van der Waals surface area contributed by atoms with E-state index in [1.807, 2.05) is 0 Å². The van der Waals surface area contributed by atoms with Crippen LogP contribution in [0.15, 0.2) is 17.5 Å². The monoisotopic (exact) mass is 318 g/mol. The minimum absolute atomic E-state index is 0.167. The highest BCUT2D eigenvalue weighted by Crippen LogP contribution is 2.18. The van der Waals surface area contributed by atoms with Gasteiger partial charge in [-0.25, -0.2) is 4.79 Å². The van der Waals surface area contributed by atoms with Crippen molar-refractivity contribution < 1.29 is 18.3 Å². The molecular formula is C12H18N2O4S2. The summed E-state index contributed by atoms with van der Waals surface area (Å²) in [6.07, 6.45) is 2.52. The average molecular weight is 318 g/mol. The summed E-state index contributed by atoms with van der Waals surface area (Å²) in [6, 6.07) is 1.60. The number of carboxylic acids is 1. The van der Waals surface area contributed by atoms with Gasteiger partial charge in [0.2, 0.25) is 0 Å². The summed E-state index contributed by atoms with van der Waals surface area (Å²) in [5, 5.41) is 10.3. The summed E-state index contributed by atoms with van der Waals surface area (Å²) in [6.45, 7) is 3.75. The number of rotatable bonds is 7. The van der Waals surface area contributed by atoms with Gasteiger partial charge in [0.1, 0.15) is 0 Å². The van der Waals surface area contributed by atoms with Crippen molar-refractivity contribution in [1.29, 1.82) is 0 Å². The zero-order valence-electron chi connectivity index (χ0n) is 11.5. The van der Waals surface area contributed by atoms with Crippen molar-refractivity contribution in [3.63, 3.8) is 0 Å². The predicted octanol–water partition coefficient (Wildman–Crippen LogP) is 1.52. The lowest BCUT2D eigenvalue weighted by Crippen LogP contribution is -2.41. The first-order valence-corrected chi connectivity index (χ1v) is 8.24. The maximum Gasteiger partial charge on any atom is 0.328 e. The standard InChI is InChI=1S/C12H18N2O4S2/c1-9(2)13-20(17,18)14(3)7-11-6-10(8-19-11)4-5-12(15)16/h4-6,8-9,13H,7H2,1-3H3,(H,15,16)/b5-4+. The Morgan fingerprint density at radius 2 is 2.20 bits per heavy atom. The van der Waals surface area contributed by atoms with Gasteiger partial charge in [0, 0.05) is 30.6 Å². The van der Waals surface area contributed by atoms with Gasteiger partial charge in [0.05, 0.1) is 0 Å². The Labute approximate surface area is 122 Å². The molecule has 1 rings (SSSR count). The maximum atomic E-state index is 11.9. The highest BCUT2D eigenvalue weighted by Gasteiger charge is 2.19. The van der Waals surface area contributed by atoms with E-state index >= 15 is 0 Å². The molecule has 1 aromatic heterocycles. The first-order valence-electron chi connectivity index (χ1n) is 5.92. The van der Waals surface area contributed by atoms with Crippen LogP contribution >= 0.6 is 11.3 Å². The highest BCUT2D eigenvalue weighted by atomic mass is 32.2. The molecule has 0 amide bonds. The van der Waals surface area contributed by atoms with Crippen LogP contribution < -0.4 is 4.72 Å². The van der Waals surface area contributed by atoms with Gasteiger partial charge in [0.15, 0.2) is 0 Å². The fourth-order valence-corrected chi connectivity index (χ4v) is 3.50. The van der Waals surface area contributed by atoms with Crippen molar-refractivity contribution in [1.82, 2.24) is 9.03 Å². The Balaban J connectivity index is 2.72. The van der Waals surface area contributed by atoms with E-state index in [9.17, 15) is 13.2 Å². The summed E-state index contributed by atoms with van der Waals surface area (Å²) in [5.41, 5.74) is 0.745. The van der Waals surface area contributed by atoms with E-state index in [2.05, 4.69) is 4.72 Å². The second-order valence-corrected chi connectivity index (χ2v) is 7.36. The van der Waals surface area contributed by atoms with Crippen LogP contribution in [-0.2, 0) is 21.5 Å². The summed E-state index contributed by atoms with van der Waals surface area (Å²) in [5.74, 6) is -1.02. The molecule has 6 nitrogen and oxygen atoms in total. The molecule has 0 aliphatic heterocycles. The predicted molar refractivity (Wildman–Crippen MR) is 79.6 cm³/mol. The van der Waals surface area contributed by atoms with Crippen molar-refractivity contribution in [2.45, 2.75) is 26.4 Å². The molecule has 0 unspecified atom stereocenters. The first kappa shape index (κ1) is 16.8. The molecule has 0 atom stereocenters. The highest BCUT2D eigenvalue weighted by molar-refractivity contribution is 7.87. The van der Waals surface area contributed by atoms with Gasteiger partial charge in [-0.3, -0.25) is 0 Å². The Kier molecular flexibility index (Phi) is 5.88. The Morgan fingerprint density at radius 3 is 2.75 bits per heavy atom. The third-order valence-corrected chi connectivity index (χ3v) is 4.92. The molecule has 0 spiro atoms. The number of hydrogen-bond acceptors (Lipinski definition) is 4. The molecule has 0 radical (unpaired) electrons. The number of aliphatic carboxylic acids is 1. The van der Waals surface area contributed by atoms with Crippen LogP contribution in [0.4, 0.5) is 0 Å². The number of carbonyl (C=O) groups is 1. The number of carboxylic acid groups (broad SMARTS) is 1. The SMILES string of the molecule is CC(C)NS(=O)(=O)N(C)Cc1cc(/C=C/C(=O)O)cs1. The van der Waals surface area contributed by atoms with E-state index in [1.54, 1.807) is 25.3 Å². The number of nitrogens with one attached hydrogen (secondary N) is 1. The van der Waals surface area contributed by atoms with Crippen LogP contribution in [0.3, 0.4) is 0 Å². The van der Waals surface area contributed by atoms with Crippen molar-refractivity contribution in [2.75, 3.05) is 7.05 Å². The minimum Gasteiger partial charge on any atom is -0.478 e. The van der Waals surface area contributed by atoms with Crippen molar-refractivity contribution in [2.24, 2.45) is 0 Å². The normalized spacial score (nSPS) is 12.7. The van der Waals surface area contributed by atoms with Crippen molar-refractivity contribution >= 4 is 33.6 Å². The third kappa shape index (κ3) is 5.41. The van der Waals surface area contributed by atoms with Crippen molar-refractivity contribution in [3.05, 3.63) is 28.0 Å². The average Bonchev–Trinajstić information content (AvgIpc) is 2.72. The molecule has 0 aromatic carbocycles. The Hall–Kier alpha value is -1.22. The number of nitrogens with zero attached hydrogens (tertiary/aromatic N) is 1. The van der Waals surface area contributed by atoms with E-state index < -0.39 is 16.2 Å². The molecule has 112 valence electrons. The lowest BCUT2D eigenvalue weighted by atomic mass is 10.3. The van der Waals surface area contributed by atoms with Gasteiger partial charge < -0.3 is 5.11 Å². The van der Waals surface area contributed by atoms with E-state index in [4.69, 9.17) is 5.11 Å². The molecule has 0 bridgehead atoms. The van der Waals surface area contributed by atoms with Crippen LogP contribution in [0, 0.1) is 0 Å². The summed E-state index contributed by atoms with van der Waals surface area (Å²) < 4.78 is 27.5. The van der Waals surface area contributed by atoms with E-state index in [1.165, 1.54) is 28.8 Å². The van der Waals surface area contributed by atoms with E-state index in [-0.39, 0.29) is 12.6 Å². The van der Waals surface area contributed by atoms with Gasteiger partial charge in [-0.05, 0) is 36.9 Å². The quantitative estimate of drug-likeness (QED) is 0.746. The fraction of sp³-hybridized carbons (Fsp3) is 0.417. The molecule has 20 heavy (non-hydrogen) atoms. The molecule has 0 saturated heterocycles. The van der Waals surface area contributed by atoms with Gasteiger partial charge in [-0.15, -0.1) is 11.3 Å². The molecule has 8 heteroatoms. The Bertz CT molecular complexity index is 590. The minimum atomic E-state index is -3.50. The molecule has 0 aliphatic carbocycles. The lowest BCUT2D eigenvalue weighted by molar-refractivity contribution is -0.131. The third-order valence-electron chi connectivity index (χ3n) is 2.27. The molecular weight excluding hydrogens is 300 g/mol. The second-order valence-electron chi connectivity index (χ2n) is 4.55. The van der Waals surface area contributed by atoms with Crippen LogP contribution in [0.5, 0.6) is 0 Å². The zero-order chi connectivity index (χ0) is 15.3. The van der Waals surface area contributed by atoms with Crippen LogP contribution in [0.25, 0.3) is 6.08 Å². The summed E-state index contributed by atoms with van der Waals surface area (Å²) >= 11 is 1.39. The van der Waals surface area contributed by atoms with Gasteiger partial charge in [-0.2, -0.15) is 17.4 Å². The Morgan fingerprint density at radius 1 is 1.55 bits per heavy atom. The van der Waals surface area contributed by atoms with E-state index in [0.717, 1.165) is 16.5 Å². The van der Waals surface area contributed by atoms with Crippen LogP contribution in [0.2, 0.25) is 0 Å². The molecule has 1 heterocycles. The molecule has 0 saturated carbocycles. The summed E-state index contributed by atoms with van der Waals surface area (Å²) in [7, 11) is -2.00. The number of hydrogen-bond donors (Lipinski definition) is 2. The first-order chi connectivity index (χ1) is 9.20. The van der Waals surface area contributed by atoms with Gasteiger partial charge >= 0.3 is 5.97 Å². The zero-order valence-corrected chi connectivity index (χ0v) is 13.2. The topological polar surface area (TPSA) is 86.7 Å². The smallest absolute Gasteiger partial charge is 0.328 e. The maximum absolute atomic E-state index is 11.9. The van der Waals surface area contributed by atoms with E-state index in [0.29, 0.717) is 0 Å². The van der Waals surface area contributed by atoms with Crippen LogP contribution in [0.1, 0.15) is 24.3 Å². The van der Waals surface area contributed by atoms with Crippen LogP contribution in [-0.4, -0.2) is 36.9 Å². The molecule has 0 fully saturated rings. The molecule has 1 aromatic rings. The number of thiophene rings is 1. The molecule has 0 aliphatic rings. The lowest BCUT2D eigenvalue weighted by Gasteiger charge is -2.18. The second kappa shape index (κ2) is 6.98. The van der Waals surface area contributed by atoms with Gasteiger partial charge in [0.25, 0.3) is 10.2 Å². The molecule has 2 N–H and O–H groups in total. The van der Waals surface area contributed by atoms with Crippen molar-refractivity contribution in [3.8, 4) is 0 Å². The van der Waals surface area contributed by atoms with Gasteiger partial charge in [-0.1, -0.05) is 0 Å². The largest absolute Gasteiger partial charge is 0.478 e. The fourth-order valence-electron chi connectivity index (χ4n) is 1.43. The summed E-state index contributed by atoms with van der Waals surface area (Å²) in [4.78, 5) is 11.3.